The van der Waals surface area contributed by atoms with E-state index in [4.69, 9.17) is 9.47 Å². The molecule has 0 radical (unpaired) electrons. The molecule has 0 fully saturated rings. The van der Waals surface area contributed by atoms with Gasteiger partial charge in [-0.1, -0.05) is 30.0 Å². The monoisotopic (exact) mass is 303 g/mol. The van der Waals surface area contributed by atoms with Crippen molar-refractivity contribution in [1.29, 1.82) is 0 Å². The van der Waals surface area contributed by atoms with Gasteiger partial charge in [0, 0.05) is 17.5 Å². The fourth-order valence-corrected chi connectivity index (χ4v) is 3.08. The van der Waals surface area contributed by atoms with Crippen LogP contribution in [0.25, 0.3) is 0 Å². The van der Waals surface area contributed by atoms with Crippen LogP contribution in [0.4, 0.5) is 0 Å². The molecule has 112 valence electrons. The molecule has 0 spiro atoms. The second-order valence-corrected chi connectivity index (χ2v) is 6.05. The van der Waals surface area contributed by atoms with E-state index in [1.165, 1.54) is 10.5 Å². The normalized spacial score (nSPS) is 10.7. The fourth-order valence-electron chi connectivity index (χ4n) is 2.05. The van der Waals surface area contributed by atoms with E-state index in [1.54, 1.807) is 26.0 Å². The van der Waals surface area contributed by atoms with Gasteiger partial charge in [0.1, 0.15) is 11.5 Å². The van der Waals surface area contributed by atoms with Crippen LogP contribution in [0.15, 0.2) is 52.3 Å². The number of rotatable bonds is 6. The Morgan fingerprint density at radius 2 is 1.71 bits per heavy atom. The smallest absolute Gasteiger partial charge is 0.136 e. The maximum Gasteiger partial charge on any atom is 0.136 e. The first-order valence-corrected chi connectivity index (χ1v) is 7.58. The summed E-state index contributed by atoms with van der Waals surface area (Å²) in [6.07, 6.45) is 0. The molecule has 0 amide bonds. The van der Waals surface area contributed by atoms with E-state index in [1.807, 2.05) is 18.2 Å². The van der Waals surface area contributed by atoms with Gasteiger partial charge in [0.05, 0.1) is 19.1 Å². The van der Waals surface area contributed by atoms with Crippen molar-refractivity contribution < 1.29 is 9.47 Å². The summed E-state index contributed by atoms with van der Waals surface area (Å²) in [6.45, 7) is 0.918. The van der Waals surface area contributed by atoms with Gasteiger partial charge in [-0.2, -0.15) is 0 Å². The van der Waals surface area contributed by atoms with Gasteiger partial charge < -0.3 is 14.4 Å². The minimum absolute atomic E-state index is 0.803. The van der Waals surface area contributed by atoms with Crippen LogP contribution >= 0.6 is 11.8 Å². The Morgan fingerprint density at radius 3 is 2.38 bits per heavy atom. The maximum absolute atomic E-state index is 5.47. The molecule has 0 aliphatic rings. The number of benzene rings is 2. The Bertz CT molecular complexity index is 599. The highest BCUT2D eigenvalue weighted by atomic mass is 32.2. The van der Waals surface area contributed by atoms with Crippen molar-refractivity contribution in [3.8, 4) is 11.5 Å². The third kappa shape index (κ3) is 4.16. The molecule has 2 aromatic carbocycles. The summed E-state index contributed by atoms with van der Waals surface area (Å²) in [7, 11) is 7.50. The molecule has 0 saturated carbocycles. The predicted octanol–water partition coefficient (Wildman–Crippen LogP) is 3.92. The Hall–Kier alpha value is -1.65. The van der Waals surface area contributed by atoms with E-state index in [2.05, 4.69) is 43.3 Å². The van der Waals surface area contributed by atoms with Crippen molar-refractivity contribution >= 4 is 11.8 Å². The zero-order chi connectivity index (χ0) is 15.2. The van der Waals surface area contributed by atoms with Gasteiger partial charge in [0.15, 0.2) is 0 Å². The first-order valence-electron chi connectivity index (χ1n) is 6.76. The number of ether oxygens (including phenoxy) is 2. The quantitative estimate of drug-likeness (QED) is 0.806. The summed E-state index contributed by atoms with van der Waals surface area (Å²) in [5, 5.41) is 0. The zero-order valence-electron chi connectivity index (χ0n) is 12.9. The summed E-state index contributed by atoms with van der Waals surface area (Å²) in [5.74, 6) is 1.64. The van der Waals surface area contributed by atoms with Crippen LogP contribution in [-0.2, 0) is 6.54 Å². The molecule has 4 heteroatoms. The van der Waals surface area contributed by atoms with E-state index in [0.29, 0.717) is 0 Å². The van der Waals surface area contributed by atoms with Crippen LogP contribution in [0.1, 0.15) is 5.56 Å². The van der Waals surface area contributed by atoms with Crippen molar-refractivity contribution in [2.75, 3.05) is 28.3 Å². The molecule has 0 atom stereocenters. The maximum atomic E-state index is 5.47. The molecule has 3 nitrogen and oxygen atoms in total. The molecular formula is C17H21NO2S. The van der Waals surface area contributed by atoms with E-state index in [-0.39, 0.29) is 0 Å². The lowest BCUT2D eigenvalue weighted by Gasteiger charge is -2.15. The number of nitrogens with zero attached hydrogens (tertiary/aromatic N) is 1. The Balaban J connectivity index is 2.30. The van der Waals surface area contributed by atoms with Crippen molar-refractivity contribution in [3.05, 3.63) is 48.0 Å². The minimum Gasteiger partial charge on any atom is -0.497 e. The van der Waals surface area contributed by atoms with Gasteiger partial charge in [-0.15, -0.1) is 0 Å². The van der Waals surface area contributed by atoms with Gasteiger partial charge in [0.2, 0.25) is 0 Å². The number of hydrogen-bond donors (Lipinski definition) is 0. The molecule has 2 aromatic rings. The molecule has 0 saturated heterocycles. The molecule has 21 heavy (non-hydrogen) atoms. The van der Waals surface area contributed by atoms with Gasteiger partial charge >= 0.3 is 0 Å². The third-order valence-electron chi connectivity index (χ3n) is 3.05. The molecule has 0 heterocycles. The first kappa shape index (κ1) is 15.7. The van der Waals surface area contributed by atoms with Gasteiger partial charge in [-0.25, -0.2) is 0 Å². The molecule has 0 bridgehead atoms. The lowest BCUT2D eigenvalue weighted by molar-refractivity contribution is 0.387. The molecule has 0 aliphatic carbocycles. The van der Waals surface area contributed by atoms with Gasteiger partial charge in [-0.05, 0) is 37.9 Å². The highest BCUT2D eigenvalue weighted by molar-refractivity contribution is 7.99. The van der Waals surface area contributed by atoms with Crippen LogP contribution < -0.4 is 9.47 Å². The summed E-state index contributed by atoms with van der Waals surface area (Å²) < 4.78 is 10.7. The summed E-state index contributed by atoms with van der Waals surface area (Å²) in [6, 6.07) is 14.4. The second-order valence-electron chi connectivity index (χ2n) is 4.96. The van der Waals surface area contributed by atoms with Crippen molar-refractivity contribution in [3.63, 3.8) is 0 Å². The summed E-state index contributed by atoms with van der Waals surface area (Å²) >= 11 is 1.72. The lowest BCUT2D eigenvalue weighted by atomic mass is 10.2. The Morgan fingerprint density at radius 1 is 0.952 bits per heavy atom. The molecule has 0 unspecified atom stereocenters. The number of hydrogen-bond acceptors (Lipinski definition) is 4. The minimum atomic E-state index is 0.803. The summed E-state index contributed by atoms with van der Waals surface area (Å²) in [5.41, 5.74) is 1.31. The van der Waals surface area contributed by atoms with E-state index < -0.39 is 0 Å². The topological polar surface area (TPSA) is 21.7 Å². The predicted molar refractivity (Wildman–Crippen MR) is 87.5 cm³/mol. The molecule has 0 aliphatic heterocycles. The van der Waals surface area contributed by atoms with Crippen LogP contribution in [0.2, 0.25) is 0 Å². The highest BCUT2D eigenvalue weighted by Crippen LogP contribution is 2.38. The SMILES string of the molecule is COc1ccc(Sc2ccccc2CN(C)C)c(OC)c1. The average Bonchev–Trinajstić information content (AvgIpc) is 2.49. The van der Waals surface area contributed by atoms with E-state index >= 15 is 0 Å². The Labute approximate surface area is 130 Å². The van der Waals surface area contributed by atoms with Crippen molar-refractivity contribution in [1.82, 2.24) is 4.90 Å². The van der Waals surface area contributed by atoms with Crippen LogP contribution in [-0.4, -0.2) is 33.2 Å². The van der Waals surface area contributed by atoms with Crippen LogP contribution in [0.3, 0.4) is 0 Å². The third-order valence-corrected chi connectivity index (χ3v) is 4.23. The Kier molecular flexibility index (Phi) is 5.53. The lowest BCUT2D eigenvalue weighted by Crippen LogP contribution is -2.11. The standard InChI is InChI=1S/C17H21NO2S/c1-18(2)12-13-7-5-6-8-16(13)21-17-10-9-14(19-3)11-15(17)20-4/h5-11H,12H2,1-4H3. The van der Waals surface area contributed by atoms with Gasteiger partial charge in [0.25, 0.3) is 0 Å². The second kappa shape index (κ2) is 7.38. The molecular weight excluding hydrogens is 282 g/mol. The van der Waals surface area contributed by atoms with Crippen molar-refractivity contribution in [2.24, 2.45) is 0 Å². The number of methoxy groups -OCH3 is 2. The molecule has 0 N–H and O–H groups in total. The first-order chi connectivity index (χ1) is 10.1. The summed E-state index contributed by atoms with van der Waals surface area (Å²) in [4.78, 5) is 4.50. The molecule has 0 aromatic heterocycles. The highest BCUT2D eigenvalue weighted by Gasteiger charge is 2.10. The molecule has 2 rings (SSSR count). The largest absolute Gasteiger partial charge is 0.497 e. The van der Waals surface area contributed by atoms with Gasteiger partial charge in [-0.3, -0.25) is 0 Å². The van der Waals surface area contributed by atoms with Crippen LogP contribution in [0, 0.1) is 0 Å². The zero-order valence-corrected chi connectivity index (χ0v) is 13.7. The average molecular weight is 303 g/mol. The van der Waals surface area contributed by atoms with Crippen LogP contribution in [0.5, 0.6) is 11.5 Å². The van der Waals surface area contributed by atoms with E-state index in [0.717, 1.165) is 22.9 Å². The van der Waals surface area contributed by atoms with Crippen molar-refractivity contribution in [2.45, 2.75) is 16.3 Å². The fraction of sp³-hybridized carbons (Fsp3) is 0.294. The van der Waals surface area contributed by atoms with E-state index in [9.17, 15) is 0 Å².